The minimum absolute atomic E-state index is 0.387. The highest BCUT2D eigenvalue weighted by atomic mass is 16.4. The summed E-state index contributed by atoms with van der Waals surface area (Å²) in [5, 5.41) is 18.1. The van der Waals surface area contributed by atoms with Gasteiger partial charge in [0, 0.05) is 12.4 Å². The van der Waals surface area contributed by atoms with Crippen molar-refractivity contribution in [2.75, 3.05) is 0 Å². The van der Waals surface area contributed by atoms with E-state index in [2.05, 4.69) is 19.9 Å². The standard InChI is InChI=1S/C9H10O3.C6H4N4/c1-9(12,8(10)11)7-5-3-2-4-6-7;1-2-9-6-5(8-1)3-7-4-10-6/h2-6,12H,1H3,(H,10,11);1-4H. The zero-order valence-electron chi connectivity index (χ0n) is 11.8. The molecule has 22 heavy (non-hydrogen) atoms. The molecule has 2 aromatic heterocycles. The number of hydrogen-bond acceptors (Lipinski definition) is 6. The minimum Gasteiger partial charge on any atom is -0.479 e. The Morgan fingerprint density at radius 2 is 1.77 bits per heavy atom. The first-order chi connectivity index (χ1) is 10.5. The summed E-state index contributed by atoms with van der Waals surface area (Å²) in [6.45, 7) is 1.25. The van der Waals surface area contributed by atoms with Crippen LogP contribution in [0.4, 0.5) is 0 Å². The summed E-state index contributed by atoms with van der Waals surface area (Å²) >= 11 is 0. The van der Waals surface area contributed by atoms with Gasteiger partial charge in [-0.25, -0.2) is 24.7 Å². The number of aliphatic hydroxyl groups is 1. The monoisotopic (exact) mass is 298 g/mol. The van der Waals surface area contributed by atoms with Crippen molar-refractivity contribution in [3.8, 4) is 0 Å². The van der Waals surface area contributed by atoms with Gasteiger partial charge in [-0.1, -0.05) is 30.3 Å². The number of aliphatic carboxylic acids is 1. The van der Waals surface area contributed by atoms with Crippen molar-refractivity contribution < 1.29 is 15.0 Å². The highest BCUT2D eigenvalue weighted by Crippen LogP contribution is 2.19. The fourth-order valence-corrected chi connectivity index (χ4v) is 1.61. The van der Waals surface area contributed by atoms with Crippen LogP contribution < -0.4 is 0 Å². The van der Waals surface area contributed by atoms with Crippen LogP contribution in [0, 0.1) is 0 Å². The second-order valence-electron chi connectivity index (χ2n) is 4.53. The number of hydrogen-bond donors (Lipinski definition) is 2. The molecule has 0 fully saturated rings. The summed E-state index contributed by atoms with van der Waals surface area (Å²) < 4.78 is 0. The van der Waals surface area contributed by atoms with E-state index in [9.17, 15) is 9.90 Å². The lowest BCUT2D eigenvalue weighted by Crippen LogP contribution is -2.31. The molecule has 112 valence electrons. The molecule has 3 aromatic rings. The normalized spacial score (nSPS) is 12.8. The van der Waals surface area contributed by atoms with Gasteiger partial charge in [-0.15, -0.1) is 0 Å². The number of fused-ring (bicyclic) bond motifs is 1. The van der Waals surface area contributed by atoms with Crippen LogP contribution in [0.3, 0.4) is 0 Å². The SMILES string of the molecule is CC(O)(C(=O)O)c1ccccc1.c1cnc2ncncc2n1. The van der Waals surface area contributed by atoms with E-state index in [4.69, 9.17) is 5.11 Å². The van der Waals surface area contributed by atoms with Crippen LogP contribution in [0.25, 0.3) is 11.2 Å². The summed E-state index contributed by atoms with van der Waals surface area (Å²) in [5.41, 5.74) is -0.0404. The second kappa shape index (κ2) is 6.68. The van der Waals surface area contributed by atoms with Crippen LogP contribution in [-0.2, 0) is 10.4 Å². The van der Waals surface area contributed by atoms with Gasteiger partial charge < -0.3 is 10.2 Å². The third-order valence-electron chi connectivity index (χ3n) is 2.90. The summed E-state index contributed by atoms with van der Waals surface area (Å²) in [4.78, 5) is 26.2. The third kappa shape index (κ3) is 3.58. The number of nitrogens with zero attached hydrogens (tertiary/aromatic N) is 4. The Labute approximate surface area is 126 Å². The van der Waals surface area contributed by atoms with Gasteiger partial charge in [-0.2, -0.15) is 0 Å². The predicted octanol–water partition coefficient (Wildman–Crippen LogP) is 1.40. The van der Waals surface area contributed by atoms with E-state index in [0.717, 1.165) is 5.52 Å². The lowest BCUT2D eigenvalue weighted by atomic mass is 9.97. The quantitative estimate of drug-likeness (QED) is 0.735. The Hall–Kier alpha value is -2.93. The molecule has 0 bridgehead atoms. The molecule has 0 saturated carbocycles. The Kier molecular flexibility index (Phi) is 4.70. The summed E-state index contributed by atoms with van der Waals surface area (Å²) in [5.74, 6) is -1.24. The lowest BCUT2D eigenvalue weighted by Gasteiger charge is -2.17. The third-order valence-corrected chi connectivity index (χ3v) is 2.90. The molecule has 1 unspecified atom stereocenters. The highest BCUT2D eigenvalue weighted by Gasteiger charge is 2.31. The summed E-state index contributed by atoms with van der Waals surface area (Å²) in [6.07, 6.45) is 6.31. The number of aromatic nitrogens is 4. The molecule has 2 N–H and O–H groups in total. The molecule has 0 aliphatic carbocycles. The topological polar surface area (TPSA) is 109 Å². The van der Waals surface area contributed by atoms with Gasteiger partial charge in [0.2, 0.25) is 0 Å². The molecular weight excluding hydrogens is 284 g/mol. The minimum atomic E-state index is -1.79. The van der Waals surface area contributed by atoms with Crippen molar-refractivity contribution in [1.29, 1.82) is 0 Å². The zero-order chi connectivity index (χ0) is 16.0. The molecule has 0 radical (unpaired) electrons. The van der Waals surface area contributed by atoms with Crippen molar-refractivity contribution >= 4 is 17.1 Å². The van der Waals surface area contributed by atoms with Crippen LogP contribution >= 0.6 is 0 Å². The van der Waals surface area contributed by atoms with Crippen molar-refractivity contribution in [2.24, 2.45) is 0 Å². The smallest absolute Gasteiger partial charge is 0.340 e. The van der Waals surface area contributed by atoms with Gasteiger partial charge in [-0.05, 0) is 12.5 Å². The van der Waals surface area contributed by atoms with Crippen molar-refractivity contribution in [3.05, 3.63) is 60.8 Å². The zero-order valence-corrected chi connectivity index (χ0v) is 11.8. The first-order valence-electron chi connectivity index (χ1n) is 6.40. The van der Waals surface area contributed by atoms with Crippen molar-refractivity contribution in [1.82, 2.24) is 19.9 Å². The number of benzene rings is 1. The number of carboxylic acids is 1. The van der Waals surface area contributed by atoms with Gasteiger partial charge in [0.15, 0.2) is 11.2 Å². The Bertz CT molecular complexity index is 697. The molecule has 0 aliphatic rings. The van der Waals surface area contributed by atoms with Gasteiger partial charge in [0.05, 0.1) is 6.20 Å². The maximum absolute atomic E-state index is 10.6. The maximum Gasteiger partial charge on any atom is 0.340 e. The van der Waals surface area contributed by atoms with E-state index in [-0.39, 0.29) is 0 Å². The first kappa shape index (κ1) is 15.5. The van der Waals surface area contributed by atoms with Crippen LogP contribution in [0.1, 0.15) is 12.5 Å². The summed E-state index contributed by atoms with van der Waals surface area (Å²) in [7, 11) is 0. The number of carbonyl (C=O) groups is 1. The molecule has 7 heteroatoms. The molecule has 0 spiro atoms. The van der Waals surface area contributed by atoms with Crippen molar-refractivity contribution in [3.63, 3.8) is 0 Å². The number of rotatable bonds is 2. The Morgan fingerprint density at radius 1 is 1.09 bits per heavy atom. The molecule has 0 saturated heterocycles. The molecule has 1 atom stereocenters. The largest absolute Gasteiger partial charge is 0.479 e. The van der Waals surface area contributed by atoms with E-state index in [1.165, 1.54) is 13.3 Å². The van der Waals surface area contributed by atoms with E-state index in [1.807, 2.05) is 0 Å². The fourth-order valence-electron chi connectivity index (χ4n) is 1.61. The summed E-state index contributed by atoms with van der Waals surface area (Å²) in [6, 6.07) is 8.29. The van der Waals surface area contributed by atoms with Crippen molar-refractivity contribution in [2.45, 2.75) is 12.5 Å². The van der Waals surface area contributed by atoms with Crippen LogP contribution in [0.15, 0.2) is 55.2 Å². The number of carboxylic acid groups (broad SMARTS) is 1. The second-order valence-corrected chi connectivity index (χ2v) is 4.53. The molecule has 0 amide bonds. The highest BCUT2D eigenvalue weighted by molar-refractivity contribution is 5.78. The van der Waals surface area contributed by atoms with Gasteiger partial charge in [-0.3, -0.25) is 0 Å². The molecular formula is C15H14N4O3. The van der Waals surface area contributed by atoms with Gasteiger partial charge in [0.1, 0.15) is 11.8 Å². The van der Waals surface area contributed by atoms with Gasteiger partial charge in [0.25, 0.3) is 0 Å². The van der Waals surface area contributed by atoms with Crippen LogP contribution in [-0.4, -0.2) is 36.1 Å². The van der Waals surface area contributed by atoms with E-state index < -0.39 is 11.6 Å². The van der Waals surface area contributed by atoms with Gasteiger partial charge >= 0.3 is 5.97 Å². The fraction of sp³-hybridized carbons (Fsp3) is 0.133. The average molecular weight is 298 g/mol. The maximum atomic E-state index is 10.6. The lowest BCUT2D eigenvalue weighted by molar-refractivity contribution is -0.157. The van der Waals surface area contributed by atoms with E-state index in [1.54, 1.807) is 48.9 Å². The molecule has 1 aromatic carbocycles. The molecule has 3 rings (SSSR count). The Morgan fingerprint density at radius 3 is 2.41 bits per heavy atom. The van der Waals surface area contributed by atoms with E-state index in [0.29, 0.717) is 11.2 Å². The molecule has 0 aliphatic heterocycles. The predicted molar refractivity (Wildman–Crippen MR) is 78.8 cm³/mol. The van der Waals surface area contributed by atoms with Crippen LogP contribution in [0.2, 0.25) is 0 Å². The molecule has 2 heterocycles. The average Bonchev–Trinajstić information content (AvgIpc) is 2.56. The first-order valence-corrected chi connectivity index (χ1v) is 6.40. The molecule has 7 nitrogen and oxygen atoms in total. The van der Waals surface area contributed by atoms with Crippen LogP contribution in [0.5, 0.6) is 0 Å². The van der Waals surface area contributed by atoms with E-state index >= 15 is 0 Å². The Balaban J connectivity index is 0.000000162.